The number of para-hydroxylation sites is 1. The number of aromatic nitrogens is 2. The predicted molar refractivity (Wildman–Crippen MR) is 117 cm³/mol. The lowest BCUT2D eigenvalue weighted by molar-refractivity contribution is -0.137. The van der Waals surface area contributed by atoms with Crippen LogP contribution in [0.5, 0.6) is 0 Å². The van der Waals surface area contributed by atoms with Crippen LogP contribution in [-0.4, -0.2) is 15.5 Å². The summed E-state index contributed by atoms with van der Waals surface area (Å²) in [6.45, 7) is 0. The second kappa shape index (κ2) is 8.76. The first-order valence-corrected chi connectivity index (χ1v) is 9.83. The topological polar surface area (TPSA) is 59.0 Å². The van der Waals surface area contributed by atoms with Crippen LogP contribution < -0.4 is 10.9 Å². The average molecular weight is 457 g/mol. The number of nitrogens with zero attached hydrogens (tertiary/aromatic N) is 2. The number of halogens is 4. The first-order valence-electron chi connectivity index (χ1n) is 9.46. The van der Waals surface area contributed by atoms with Gasteiger partial charge in [0, 0.05) is 18.0 Å². The Morgan fingerprint density at radius 2 is 1.69 bits per heavy atom. The van der Waals surface area contributed by atoms with Crippen LogP contribution in [0.2, 0.25) is 5.02 Å². The molecule has 0 saturated heterocycles. The van der Waals surface area contributed by atoms with E-state index in [0.717, 1.165) is 22.9 Å². The molecule has 0 aliphatic rings. The molecule has 162 valence electrons. The quantitative estimate of drug-likeness (QED) is 0.364. The van der Waals surface area contributed by atoms with Gasteiger partial charge in [-0.15, -0.1) is 0 Å². The van der Waals surface area contributed by atoms with E-state index in [1.807, 2.05) is 54.6 Å². The van der Waals surface area contributed by atoms with Crippen LogP contribution >= 0.6 is 11.6 Å². The molecule has 32 heavy (non-hydrogen) atoms. The molecule has 0 spiro atoms. The minimum atomic E-state index is -4.56. The Kier molecular flexibility index (Phi) is 5.87. The summed E-state index contributed by atoms with van der Waals surface area (Å²) >= 11 is 5.88. The molecule has 4 rings (SSSR count). The zero-order chi connectivity index (χ0) is 22.7. The van der Waals surface area contributed by atoms with Gasteiger partial charge >= 0.3 is 6.18 Å². The van der Waals surface area contributed by atoms with Gasteiger partial charge in [0.2, 0.25) is 0 Å². The van der Waals surface area contributed by atoms with Crippen molar-refractivity contribution in [1.29, 1.82) is 0 Å². The molecule has 0 radical (unpaired) electrons. The number of rotatable bonds is 5. The summed E-state index contributed by atoms with van der Waals surface area (Å²) < 4.78 is 40.0. The van der Waals surface area contributed by atoms with Crippen LogP contribution in [0.25, 0.3) is 16.8 Å². The molecular formula is C23H16ClF3N4O. The zero-order valence-electron chi connectivity index (χ0n) is 16.4. The molecule has 0 aliphatic carbocycles. The maximum Gasteiger partial charge on any atom is 0.417 e. The number of alkyl halides is 3. The normalized spacial score (nSPS) is 11.2. The highest BCUT2D eigenvalue weighted by Crippen LogP contribution is 2.32. The standard InChI is InChI=1S/C23H16ClF3N4O/c24-18-13-16(23(25,26)27)14-28-21(18)29-30-22(32)20-11-6-12-31(20)19-10-5-4-9-17(19)15-7-2-1-3-8-15/h1-14H,(H,28,29)(H,30,32). The van der Waals surface area contributed by atoms with Crippen LogP contribution in [-0.2, 0) is 6.18 Å². The van der Waals surface area contributed by atoms with Crippen molar-refractivity contribution >= 4 is 23.3 Å². The SMILES string of the molecule is O=C(NNc1ncc(C(F)(F)F)cc1Cl)c1cccn1-c1ccccc1-c1ccccc1. The van der Waals surface area contributed by atoms with Crippen molar-refractivity contribution in [3.05, 3.63) is 101 Å². The zero-order valence-corrected chi connectivity index (χ0v) is 17.2. The van der Waals surface area contributed by atoms with Crippen LogP contribution in [0, 0.1) is 0 Å². The lowest BCUT2D eigenvalue weighted by Gasteiger charge is -2.15. The molecule has 2 heterocycles. The summed E-state index contributed by atoms with van der Waals surface area (Å²) in [5, 5.41) is -0.273. The summed E-state index contributed by atoms with van der Waals surface area (Å²) in [5.41, 5.74) is 6.95. The third kappa shape index (κ3) is 4.45. The fraction of sp³-hybridized carbons (Fsp3) is 0.0435. The van der Waals surface area contributed by atoms with Gasteiger partial charge in [0.05, 0.1) is 16.3 Å². The van der Waals surface area contributed by atoms with E-state index in [0.29, 0.717) is 11.9 Å². The molecule has 1 amide bonds. The number of benzene rings is 2. The molecule has 2 aromatic carbocycles. The van der Waals surface area contributed by atoms with Crippen LogP contribution in [0.4, 0.5) is 19.0 Å². The molecular weight excluding hydrogens is 441 g/mol. The van der Waals surface area contributed by atoms with Crippen LogP contribution in [0.1, 0.15) is 16.1 Å². The summed E-state index contributed by atoms with van der Waals surface area (Å²) in [5.74, 6) is -0.619. The third-order valence-electron chi connectivity index (χ3n) is 4.69. The summed E-state index contributed by atoms with van der Waals surface area (Å²) in [7, 11) is 0. The van der Waals surface area contributed by atoms with Crippen molar-refractivity contribution in [2.75, 3.05) is 5.43 Å². The van der Waals surface area contributed by atoms with Gasteiger partial charge in [0.1, 0.15) is 5.69 Å². The van der Waals surface area contributed by atoms with E-state index in [1.54, 1.807) is 22.9 Å². The molecule has 2 N–H and O–H groups in total. The molecule has 0 unspecified atom stereocenters. The molecule has 0 bridgehead atoms. The number of nitrogens with one attached hydrogen (secondary N) is 2. The Labute approximate surface area is 186 Å². The van der Waals surface area contributed by atoms with E-state index >= 15 is 0 Å². The van der Waals surface area contributed by atoms with Gasteiger partial charge in [-0.3, -0.25) is 15.6 Å². The molecule has 4 aromatic rings. The third-order valence-corrected chi connectivity index (χ3v) is 4.98. The number of carbonyl (C=O) groups excluding carboxylic acids is 1. The summed E-state index contributed by atoms with van der Waals surface area (Å²) in [6, 6.07) is 21.4. The van der Waals surface area contributed by atoms with Gasteiger partial charge in [-0.2, -0.15) is 13.2 Å². The molecule has 2 aromatic heterocycles. The Balaban J connectivity index is 1.57. The van der Waals surface area contributed by atoms with E-state index < -0.39 is 17.6 Å². The van der Waals surface area contributed by atoms with Crippen molar-refractivity contribution in [2.45, 2.75) is 6.18 Å². The van der Waals surface area contributed by atoms with Crippen molar-refractivity contribution in [3.63, 3.8) is 0 Å². The fourth-order valence-corrected chi connectivity index (χ4v) is 3.40. The van der Waals surface area contributed by atoms with E-state index in [9.17, 15) is 18.0 Å². The molecule has 0 aliphatic heterocycles. The highest BCUT2D eigenvalue weighted by Gasteiger charge is 2.31. The highest BCUT2D eigenvalue weighted by atomic mass is 35.5. The van der Waals surface area contributed by atoms with Gasteiger partial charge in [0.15, 0.2) is 5.82 Å². The minimum absolute atomic E-state index is 0.101. The van der Waals surface area contributed by atoms with E-state index in [1.165, 1.54) is 0 Å². The second-order valence-corrected chi connectivity index (χ2v) is 7.19. The number of hydrazine groups is 1. The number of carbonyl (C=O) groups is 1. The van der Waals surface area contributed by atoms with E-state index in [2.05, 4.69) is 15.8 Å². The number of anilines is 1. The molecule has 9 heteroatoms. The van der Waals surface area contributed by atoms with E-state index in [4.69, 9.17) is 11.6 Å². The number of pyridine rings is 1. The number of hydrogen-bond acceptors (Lipinski definition) is 3. The lowest BCUT2D eigenvalue weighted by atomic mass is 10.0. The maximum atomic E-state index is 12.8. The molecule has 0 saturated carbocycles. The number of amides is 1. The van der Waals surface area contributed by atoms with Crippen LogP contribution in [0.3, 0.4) is 0 Å². The van der Waals surface area contributed by atoms with Crippen molar-refractivity contribution < 1.29 is 18.0 Å². The van der Waals surface area contributed by atoms with E-state index in [-0.39, 0.29) is 10.8 Å². The predicted octanol–water partition coefficient (Wildman–Crippen LogP) is 5.97. The van der Waals surface area contributed by atoms with Crippen molar-refractivity contribution in [2.24, 2.45) is 0 Å². The van der Waals surface area contributed by atoms with Gasteiger partial charge in [-0.1, -0.05) is 60.1 Å². The Hall–Kier alpha value is -3.78. The monoisotopic (exact) mass is 456 g/mol. The van der Waals surface area contributed by atoms with Gasteiger partial charge in [0.25, 0.3) is 5.91 Å². The molecule has 0 atom stereocenters. The lowest BCUT2D eigenvalue weighted by Crippen LogP contribution is -2.31. The fourth-order valence-electron chi connectivity index (χ4n) is 3.19. The van der Waals surface area contributed by atoms with Gasteiger partial charge in [-0.25, -0.2) is 4.98 Å². The largest absolute Gasteiger partial charge is 0.417 e. The van der Waals surface area contributed by atoms with Crippen LogP contribution in [0.15, 0.2) is 85.2 Å². The first kappa shape index (κ1) is 21.5. The number of hydrogen-bond donors (Lipinski definition) is 2. The summed E-state index contributed by atoms with van der Waals surface area (Å²) in [4.78, 5) is 16.5. The van der Waals surface area contributed by atoms with Crippen molar-refractivity contribution in [3.8, 4) is 16.8 Å². The van der Waals surface area contributed by atoms with Crippen molar-refractivity contribution in [1.82, 2.24) is 15.0 Å². The smallest absolute Gasteiger partial charge is 0.312 e. The second-order valence-electron chi connectivity index (χ2n) is 6.78. The highest BCUT2D eigenvalue weighted by molar-refractivity contribution is 6.33. The Morgan fingerprint density at radius 1 is 0.969 bits per heavy atom. The van der Waals surface area contributed by atoms with Gasteiger partial charge < -0.3 is 4.57 Å². The average Bonchev–Trinajstić information content (AvgIpc) is 3.28. The first-order chi connectivity index (χ1) is 15.3. The van der Waals surface area contributed by atoms with Gasteiger partial charge in [-0.05, 0) is 29.8 Å². The summed E-state index contributed by atoms with van der Waals surface area (Å²) in [6.07, 6.45) is -2.18. The molecule has 5 nitrogen and oxygen atoms in total. The Morgan fingerprint density at radius 3 is 2.41 bits per heavy atom. The molecule has 0 fully saturated rings. The maximum absolute atomic E-state index is 12.8. The minimum Gasteiger partial charge on any atom is -0.312 e. The Bertz CT molecular complexity index is 1260.